The fourth-order valence-corrected chi connectivity index (χ4v) is 2.07. The summed E-state index contributed by atoms with van der Waals surface area (Å²) < 4.78 is 0. The number of nitriles is 2. The number of hydrogen-bond donors (Lipinski definition) is 2. The molecule has 4 heteroatoms. The SMILES string of the molecule is N#Cc1cc2c(cc1C#N)CC(N)C(N)C2. The molecule has 0 amide bonds. The summed E-state index contributed by atoms with van der Waals surface area (Å²) in [4.78, 5) is 0. The monoisotopic (exact) mass is 212 g/mol. The quantitative estimate of drug-likeness (QED) is 0.640. The van der Waals surface area contributed by atoms with Crippen LogP contribution >= 0.6 is 0 Å². The van der Waals surface area contributed by atoms with Crippen LogP contribution in [0.5, 0.6) is 0 Å². The number of hydrogen-bond acceptors (Lipinski definition) is 4. The summed E-state index contributed by atoms with van der Waals surface area (Å²) in [5.74, 6) is 0. The molecule has 2 unspecified atom stereocenters. The van der Waals surface area contributed by atoms with E-state index in [1.807, 2.05) is 12.1 Å². The van der Waals surface area contributed by atoms with E-state index in [1.165, 1.54) is 0 Å². The summed E-state index contributed by atoms with van der Waals surface area (Å²) in [6, 6.07) is 7.46. The molecule has 4 N–H and O–H groups in total. The third kappa shape index (κ3) is 1.65. The summed E-state index contributed by atoms with van der Waals surface area (Å²) >= 11 is 0. The van der Waals surface area contributed by atoms with Crippen LogP contribution in [0.1, 0.15) is 22.3 Å². The Morgan fingerprint density at radius 3 is 1.62 bits per heavy atom. The standard InChI is InChI=1S/C12H12N4/c13-5-9-1-7-3-11(15)12(16)4-8(7)2-10(9)6-14/h1-2,11-12H,3-4,15-16H2. The topological polar surface area (TPSA) is 99.6 Å². The van der Waals surface area contributed by atoms with Crippen LogP contribution in [0.2, 0.25) is 0 Å². The Bertz CT molecular complexity index is 460. The number of nitrogens with zero attached hydrogens (tertiary/aromatic N) is 2. The van der Waals surface area contributed by atoms with Gasteiger partial charge in [0.1, 0.15) is 12.1 Å². The third-order valence-corrected chi connectivity index (χ3v) is 3.04. The summed E-state index contributed by atoms with van der Waals surface area (Å²) in [6.07, 6.45) is 1.35. The normalized spacial score (nSPS) is 23.0. The first kappa shape index (κ1) is 10.6. The summed E-state index contributed by atoms with van der Waals surface area (Å²) in [5, 5.41) is 17.8. The van der Waals surface area contributed by atoms with E-state index in [1.54, 1.807) is 12.1 Å². The van der Waals surface area contributed by atoms with E-state index in [2.05, 4.69) is 0 Å². The highest BCUT2D eigenvalue weighted by Crippen LogP contribution is 2.23. The van der Waals surface area contributed by atoms with Gasteiger partial charge in [0, 0.05) is 12.1 Å². The van der Waals surface area contributed by atoms with Crippen molar-refractivity contribution < 1.29 is 0 Å². The van der Waals surface area contributed by atoms with Crippen LogP contribution in [0, 0.1) is 22.7 Å². The lowest BCUT2D eigenvalue weighted by molar-refractivity contribution is 0.492. The Morgan fingerprint density at radius 1 is 0.938 bits per heavy atom. The lowest BCUT2D eigenvalue weighted by atomic mass is 9.83. The summed E-state index contributed by atoms with van der Waals surface area (Å²) in [5.41, 5.74) is 14.7. The fraction of sp³-hybridized carbons (Fsp3) is 0.333. The fourth-order valence-electron chi connectivity index (χ4n) is 2.07. The smallest absolute Gasteiger partial charge is 0.101 e. The van der Waals surface area contributed by atoms with E-state index in [-0.39, 0.29) is 12.1 Å². The van der Waals surface area contributed by atoms with E-state index in [4.69, 9.17) is 22.0 Å². The second-order valence-corrected chi connectivity index (χ2v) is 4.13. The number of rotatable bonds is 0. The van der Waals surface area contributed by atoms with Crippen molar-refractivity contribution in [1.82, 2.24) is 0 Å². The molecule has 1 aromatic rings. The van der Waals surface area contributed by atoms with Crippen LogP contribution in [0.4, 0.5) is 0 Å². The Balaban J connectivity index is 2.52. The molecule has 1 aromatic carbocycles. The molecule has 0 radical (unpaired) electrons. The summed E-state index contributed by atoms with van der Waals surface area (Å²) in [6.45, 7) is 0. The highest BCUT2D eigenvalue weighted by molar-refractivity contribution is 5.51. The lowest BCUT2D eigenvalue weighted by Crippen LogP contribution is -2.47. The zero-order valence-electron chi connectivity index (χ0n) is 8.77. The van der Waals surface area contributed by atoms with Crippen LogP contribution < -0.4 is 11.5 Å². The van der Waals surface area contributed by atoms with Crippen LogP contribution in [0.3, 0.4) is 0 Å². The molecule has 4 nitrogen and oxygen atoms in total. The predicted octanol–water partition coefficient (Wildman–Crippen LogP) is 0.183. The maximum Gasteiger partial charge on any atom is 0.101 e. The molecule has 0 heterocycles. The molecule has 2 rings (SSSR count). The predicted molar refractivity (Wildman–Crippen MR) is 59.2 cm³/mol. The Kier molecular flexibility index (Phi) is 2.62. The molecule has 0 saturated heterocycles. The Labute approximate surface area is 94.1 Å². The van der Waals surface area contributed by atoms with Gasteiger partial charge in [-0.1, -0.05) is 0 Å². The van der Waals surface area contributed by atoms with E-state index in [0.29, 0.717) is 24.0 Å². The number of benzene rings is 1. The molecule has 0 fully saturated rings. The van der Waals surface area contributed by atoms with Gasteiger partial charge in [-0.05, 0) is 36.1 Å². The largest absolute Gasteiger partial charge is 0.326 e. The van der Waals surface area contributed by atoms with Crippen molar-refractivity contribution in [2.75, 3.05) is 0 Å². The highest BCUT2D eigenvalue weighted by Gasteiger charge is 2.23. The molecular formula is C12H12N4. The highest BCUT2D eigenvalue weighted by atomic mass is 14.8. The first-order chi connectivity index (χ1) is 7.65. The molecule has 0 aliphatic heterocycles. The molecule has 0 bridgehead atoms. The van der Waals surface area contributed by atoms with Gasteiger partial charge in [-0.3, -0.25) is 0 Å². The average molecular weight is 212 g/mol. The Morgan fingerprint density at radius 2 is 1.31 bits per heavy atom. The summed E-state index contributed by atoms with van der Waals surface area (Å²) in [7, 11) is 0. The number of fused-ring (bicyclic) bond motifs is 1. The van der Waals surface area contributed by atoms with Crippen molar-refractivity contribution >= 4 is 0 Å². The van der Waals surface area contributed by atoms with Crippen LogP contribution in [0.15, 0.2) is 12.1 Å². The van der Waals surface area contributed by atoms with Gasteiger partial charge in [0.05, 0.1) is 11.1 Å². The zero-order valence-corrected chi connectivity index (χ0v) is 8.77. The average Bonchev–Trinajstić information content (AvgIpc) is 2.29. The Hall–Kier alpha value is -1.88. The minimum absolute atomic E-state index is 0.0630. The molecule has 0 spiro atoms. The molecule has 16 heavy (non-hydrogen) atoms. The van der Waals surface area contributed by atoms with Gasteiger partial charge in [0.15, 0.2) is 0 Å². The van der Waals surface area contributed by atoms with Crippen molar-refractivity contribution in [3.05, 3.63) is 34.4 Å². The van der Waals surface area contributed by atoms with Crippen molar-refractivity contribution in [3.63, 3.8) is 0 Å². The van der Waals surface area contributed by atoms with Gasteiger partial charge in [-0.25, -0.2) is 0 Å². The van der Waals surface area contributed by atoms with E-state index in [0.717, 1.165) is 11.1 Å². The number of nitrogens with two attached hydrogens (primary N) is 2. The molecule has 0 saturated carbocycles. The van der Waals surface area contributed by atoms with Crippen molar-refractivity contribution in [1.29, 1.82) is 10.5 Å². The lowest BCUT2D eigenvalue weighted by Gasteiger charge is -2.27. The maximum atomic E-state index is 8.91. The maximum absolute atomic E-state index is 8.91. The molecule has 2 atom stereocenters. The molecular weight excluding hydrogens is 200 g/mol. The van der Waals surface area contributed by atoms with Crippen molar-refractivity contribution in [3.8, 4) is 12.1 Å². The second-order valence-electron chi connectivity index (χ2n) is 4.13. The van der Waals surface area contributed by atoms with Gasteiger partial charge in [-0.2, -0.15) is 10.5 Å². The van der Waals surface area contributed by atoms with Crippen molar-refractivity contribution in [2.24, 2.45) is 11.5 Å². The van der Waals surface area contributed by atoms with Crippen LogP contribution in [0.25, 0.3) is 0 Å². The van der Waals surface area contributed by atoms with Gasteiger partial charge in [0.25, 0.3) is 0 Å². The second kappa shape index (κ2) is 3.94. The van der Waals surface area contributed by atoms with E-state index in [9.17, 15) is 0 Å². The molecule has 1 aliphatic rings. The third-order valence-electron chi connectivity index (χ3n) is 3.04. The van der Waals surface area contributed by atoms with Gasteiger partial charge < -0.3 is 11.5 Å². The zero-order chi connectivity index (χ0) is 11.7. The van der Waals surface area contributed by atoms with Crippen LogP contribution in [-0.2, 0) is 12.8 Å². The van der Waals surface area contributed by atoms with Gasteiger partial charge in [0.2, 0.25) is 0 Å². The first-order valence-corrected chi connectivity index (χ1v) is 5.13. The van der Waals surface area contributed by atoms with Gasteiger partial charge >= 0.3 is 0 Å². The molecule has 80 valence electrons. The molecule has 1 aliphatic carbocycles. The van der Waals surface area contributed by atoms with Crippen LogP contribution in [-0.4, -0.2) is 12.1 Å². The van der Waals surface area contributed by atoms with Gasteiger partial charge in [-0.15, -0.1) is 0 Å². The minimum atomic E-state index is -0.0630. The first-order valence-electron chi connectivity index (χ1n) is 5.13. The minimum Gasteiger partial charge on any atom is -0.326 e. The van der Waals surface area contributed by atoms with E-state index < -0.39 is 0 Å². The van der Waals surface area contributed by atoms with Crippen molar-refractivity contribution in [2.45, 2.75) is 24.9 Å². The molecule has 0 aromatic heterocycles. The van der Waals surface area contributed by atoms with E-state index >= 15 is 0 Å².